The number of thioether (sulfide) groups is 1. The van der Waals surface area contributed by atoms with Crippen LogP contribution in [0.5, 0.6) is 0 Å². The lowest BCUT2D eigenvalue weighted by molar-refractivity contribution is 0.247. The summed E-state index contributed by atoms with van der Waals surface area (Å²) in [5.41, 5.74) is 2.86. The molecule has 35 heavy (non-hydrogen) atoms. The molecule has 0 spiro atoms. The van der Waals surface area contributed by atoms with E-state index in [0.717, 1.165) is 42.5 Å². The van der Waals surface area contributed by atoms with Crippen molar-refractivity contribution in [2.45, 2.75) is 82.3 Å². The summed E-state index contributed by atoms with van der Waals surface area (Å²) in [5.74, 6) is 0.244. The number of carbonyl (C=O) groups is 1. The van der Waals surface area contributed by atoms with E-state index in [0.29, 0.717) is 48.9 Å². The lowest BCUT2D eigenvalue weighted by Crippen LogP contribution is -2.36. The third kappa shape index (κ3) is 5.24. The van der Waals surface area contributed by atoms with Crippen LogP contribution >= 0.6 is 11.8 Å². The number of aryl methyl sites for hydroxylation is 4. The SMILES string of the molecule is Cc1ccc2oc(=O)n(CCCCn3nnc(CCCCC[C@@H]4SC[C@@H]5NC(=O)N[C@@H]54)c3F)c2c1. The predicted molar refractivity (Wildman–Crippen MR) is 132 cm³/mol. The molecule has 2 fully saturated rings. The molecule has 3 aromatic rings. The molecule has 1 aromatic carbocycles. The number of carbonyl (C=O) groups excluding carboxylic acids is 1. The Hall–Kier alpha value is -2.82. The molecule has 2 saturated heterocycles. The zero-order valence-corrected chi connectivity index (χ0v) is 20.7. The van der Waals surface area contributed by atoms with E-state index in [9.17, 15) is 14.0 Å². The van der Waals surface area contributed by atoms with E-state index in [-0.39, 0.29) is 29.8 Å². The van der Waals surface area contributed by atoms with E-state index in [1.165, 1.54) is 4.68 Å². The first-order valence-corrected chi connectivity index (χ1v) is 13.4. The van der Waals surface area contributed by atoms with Gasteiger partial charge in [0.25, 0.3) is 0 Å². The summed E-state index contributed by atoms with van der Waals surface area (Å²) in [6.45, 7) is 2.91. The van der Waals surface area contributed by atoms with Crippen molar-refractivity contribution in [3.63, 3.8) is 0 Å². The molecule has 2 aromatic heterocycles. The highest BCUT2D eigenvalue weighted by Gasteiger charge is 2.42. The van der Waals surface area contributed by atoms with E-state index >= 15 is 0 Å². The van der Waals surface area contributed by atoms with Crippen molar-refractivity contribution in [2.75, 3.05) is 5.75 Å². The summed E-state index contributed by atoms with van der Waals surface area (Å²) in [6.07, 6.45) is 5.91. The van der Waals surface area contributed by atoms with Crippen molar-refractivity contribution < 1.29 is 13.6 Å². The van der Waals surface area contributed by atoms with Gasteiger partial charge in [0.15, 0.2) is 5.58 Å². The van der Waals surface area contributed by atoms with Gasteiger partial charge in [0, 0.05) is 24.1 Å². The Balaban J connectivity index is 1.03. The molecule has 0 saturated carbocycles. The highest BCUT2D eigenvalue weighted by Crippen LogP contribution is 2.33. The van der Waals surface area contributed by atoms with Crippen molar-refractivity contribution in [1.82, 2.24) is 30.2 Å². The average Bonchev–Trinajstić information content (AvgIpc) is 3.56. The van der Waals surface area contributed by atoms with Gasteiger partial charge >= 0.3 is 11.8 Å². The Labute approximate surface area is 206 Å². The van der Waals surface area contributed by atoms with Gasteiger partial charge in [-0.3, -0.25) is 4.57 Å². The van der Waals surface area contributed by atoms with Gasteiger partial charge in [0.2, 0.25) is 5.95 Å². The molecular formula is C24H31FN6O3S. The Bertz CT molecular complexity index is 1250. The summed E-state index contributed by atoms with van der Waals surface area (Å²) in [5, 5.41) is 14.5. The molecule has 188 valence electrons. The van der Waals surface area contributed by atoms with Crippen molar-refractivity contribution in [3.05, 3.63) is 46.0 Å². The fraction of sp³-hybridized carbons (Fsp3) is 0.583. The van der Waals surface area contributed by atoms with Gasteiger partial charge in [0.05, 0.1) is 17.6 Å². The van der Waals surface area contributed by atoms with E-state index in [1.54, 1.807) is 4.57 Å². The fourth-order valence-corrected chi connectivity index (χ4v) is 6.55. The maximum Gasteiger partial charge on any atom is 0.419 e. The number of hydrogen-bond acceptors (Lipinski definition) is 6. The molecule has 0 unspecified atom stereocenters. The van der Waals surface area contributed by atoms with Crippen LogP contribution in [-0.4, -0.2) is 48.7 Å². The standard InChI is InChI=1S/C24H31FN6O3S/c1-15-9-10-19-18(13-15)30(24(33)34-19)11-5-6-12-31-22(25)16(28-29-31)7-3-2-4-8-20-21-17(14-35-20)26-23(32)27-21/h9-10,13,17,20-21H,2-8,11-12,14H2,1H3,(H2,26,27,32)/t17-,20-,21-/m0/s1. The van der Waals surface area contributed by atoms with Gasteiger partial charge in [-0.2, -0.15) is 16.2 Å². The van der Waals surface area contributed by atoms with Gasteiger partial charge < -0.3 is 15.1 Å². The molecule has 9 nitrogen and oxygen atoms in total. The lowest BCUT2D eigenvalue weighted by atomic mass is 10.0. The maximum atomic E-state index is 14.7. The normalized spacial score (nSPS) is 21.4. The van der Waals surface area contributed by atoms with Crippen LogP contribution in [0.4, 0.5) is 9.18 Å². The summed E-state index contributed by atoms with van der Waals surface area (Å²) >= 11 is 1.92. The molecule has 11 heteroatoms. The molecular weight excluding hydrogens is 471 g/mol. The average molecular weight is 503 g/mol. The minimum absolute atomic E-state index is 0.0529. The van der Waals surface area contributed by atoms with E-state index in [2.05, 4.69) is 20.9 Å². The Morgan fingerprint density at radius 3 is 2.89 bits per heavy atom. The second-order valence-electron chi connectivity index (χ2n) is 9.47. The molecule has 4 heterocycles. The molecule has 0 bridgehead atoms. The minimum Gasteiger partial charge on any atom is -0.408 e. The monoisotopic (exact) mass is 502 g/mol. The van der Waals surface area contributed by atoms with Crippen LogP contribution < -0.4 is 16.4 Å². The lowest BCUT2D eigenvalue weighted by Gasteiger charge is -2.16. The summed E-state index contributed by atoms with van der Waals surface area (Å²) in [7, 11) is 0. The van der Waals surface area contributed by atoms with Gasteiger partial charge in [-0.05, 0) is 56.7 Å². The minimum atomic E-state index is -0.365. The Morgan fingerprint density at radius 1 is 1.14 bits per heavy atom. The number of hydrogen-bond donors (Lipinski definition) is 2. The largest absolute Gasteiger partial charge is 0.419 e. The van der Waals surface area contributed by atoms with Gasteiger partial charge in [-0.1, -0.05) is 24.1 Å². The van der Waals surface area contributed by atoms with Gasteiger partial charge in [0.1, 0.15) is 5.69 Å². The van der Waals surface area contributed by atoms with E-state index < -0.39 is 0 Å². The molecule has 2 aliphatic rings. The van der Waals surface area contributed by atoms with Crippen LogP contribution in [0.1, 0.15) is 49.8 Å². The first-order chi connectivity index (χ1) is 17.0. The fourth-order valence-electron chi connectivity index (χ4n) is 5.01. The van der Waals surface area contributed by atoms with E-state index in [1.807, 2.05) is 36.9 Å². The number of aromatic nitrogens is 4. The third-order valence-electron chi connectivity index (χ3n) is 6.90. The van der Waals surface area contributed by atoms with Crippen LogP contribution in [0.2, 0.25) is 0 Å². The van der Waals surface area contributed by atoms with Crippen LogP contribution in [0.3, 0.4) is 0 Å². The first kappa shape index (κ1) is 23.9. The topological polar surface area (TPSA) is 107 Å². The zero-order chi connectivity index (χ0) is 24.4. The van der Waals surface area contributed by atoms with Gasteiger partial charge in [-0.25, -0.2) is 14.3 Å². The second-order valence-corrected chi connectivity index (χ2v) is 10.7. The van der Waals surface area contributed by atoms with Crippen molar-refractivity contribution in [2.24, 2.45) is 0 Å². The van der Waals surface area contributed by atoms with Crippen LogP contribution in [0.15, 0.2) is 27.4 Å². The first-order valence-electron chi connectivity index (χ1n) is 12.4. The summed E-state index contributed by atoms with van der Waals surface area (Å²) < 4.78 is 23.0. The third-order valence-corrected chi connectivity index (χ3v) is 8.41. The number of amides is 2. The number of rotatable bonds is 11. The van der Waals surface area contributed by atoms with Crippen molar-refractivity contribution in [3.8, 4) is 0 Å². The van der Waals surface area contributed by atoms with Crippen LogP contribution in [-0.2, 0) is 19.5 Å². The maximum absolute atomic E-state index is 14.7. The summed E-state index contributed by atoms with van der Waals surface area (Å²) in [6, 6.07) is 6.10. The molecule has 0 aliphatic carbocycles. The van der Waals surface area contributed by atoms with Crippen LogP contribution in [0.25, 0.3) is 11.1 Å². The number of nitrogens with zero attached hydrogens (tertiary/aromatic N) is 4. The predicted octanol–water partition coefficient (Wildman–Crippen LogP) is 3.38. The van der Waals surface area contributed by atoms with E-state index in [4.69, 9.17) is 4.42 Å². The molecule has 5 rings (SSSR count). The van der Waals surface area contributed by atoms with Gasteiger partial charge in [-0.15, -0.1) is 5.10 Å². The second kappa shape index (κ2) is 10.4. The molecule has 2 N–H and O–H groups in total. The molecule has 2 aliphatic heterocycles. The number of nitrogens with one attached hydrogen (secondary N) is 2. The molecule has 2 amide bonds. The highest BCUT2D eigenvalue weighted by atomic mass is 32.2. The number of urea groups is 1. The zero-order valence-electron chi connectivity index (χ0n) is 19.8. The summed E-state index contributed by atoms with van der Waals surface area (Å²) in [4.78, 5) is 23.6. The Morgan fingerprint density at radius 2 is 2.00 bits per heavy atom. The number of oxazole rings is 1. The number of fused-ring (bicyclic) bond motifs is 2. The van der Waals surface area contributed by atoms with Crippen molar-refractivity contribution >= 4 is 28.9 Å². The number of benzene rings is 1. The smallest absolute Gasteiger partial charge is 0.408 e. The molecule has 0 radical (unpaired) electrons. The highest BCUT2D eigenvalue weighted by molar-refractivity contribution is 8.00. The molecule has 3 atom stereocenters. The quantitative estimate of drug-likeness (QED) is 0.308. The van der Waals surface area contributed by atoms with Crippen molar-refractivity contribution in [1.29, 1.82) is 0 Å². The van der Waals surface area contributed by atoms with Crippen LogP contribution in [0, 0.1) is 12.9 Å². The number of halogens is 1. The Kier molecular flexibility index (Phi) is 7.12. The number of unbranched alkanes of at least 4 members (excludes halogenated alkanes) is 3.